The van der Waals surface area contributed by atoms with Gasteiger partial charge in [-0.15, -0.1) is 0 Å². The van der Waals surface area contributed by atoms with Crippen LogP contribution < -0.4 is 15.4 Å². The zero-order valence-electron chi connectivity index (χ0n) is 14.4. The van der Waals surface area contributed by atoms with Crippen LogP contribution in [0.4, 0.5) is 4.79 Å². The van der Waals surface area contributed by atoms with Crippen molar-refractivity contribution in [2.24, 2.45) is 0 Å². The Morgan fingerprint density at radius 1 is 0.962 bits per heavy atom. The van der Waals surface area contributed by atoms with Crippen LogP contribution in [-0.2, 0) is 16.1 Å². The lowest BCUT2D eigenvalue weighted by molar-refractivity contribution is -0.123. The van der Waals surface area contributed by atoms with Crippen LogP contribution in [0.5, 0.6) is 5.75 Å². The van der Waals surface area contributed by atoms with E-state index >= 15 is 0 Å². The number of hydrogen-bond acceptors (Lipinski definition) is 5. The van der Waals surface area contributed by atoms with Gasteiger partial charge in [0.05, 0.1) is 5.56 Å². The van der Waals surface area contributed by atoms with Crippen molar-refractivity contribution in [3.63, 3.8) is 0 Å². The van der Waals surface area contributed by atoms with E-state index in [4.69, 9.17) is 9.47 Å². The molecule has 26 heavy (non-hydrogen) atoms. The fourth-order valence-electron chi connectivity index (χ4n) is 2.00. The van der Waals surface area contributed by atoms with Crippen molar-refractivity contribution >= 4 is 17.9 Å². The highest BCUT2D eigenvalue weighted by Crippen LogP contribution is 2.12. The molecule has 136 valence electrons. The van der Waals surface area contributed by atoms with Crippen molar-refractivity contribution in [1.29, 1.82) is 0 Å². The molecule has 0 aromatic heterocycles. The summed E-state index contributed by atoms with van der Waals surface area (Å²) in [4.78, 5) is 34.6. The summed E-state index contributed by atoms with van der Waals surface area (Å²) in [7, 11) is 0. The van der Waals surface area contributed by atoms with E-state index in [0.29, 0.717) is 18.7 Å². The summed E-state index contributed by atoms with van der Waals surface area (Å²) in [5, 5.41) is 4.45. The van der Waals surface area contributed by atoms with Crippen LogP contribution in [0.3, 0.4) is 0 Å². The van der Waals surface area contributed by atoms with Gasteiger partial charge in [0.15, 0.2) is 6.61 Å². The zero-order chi connectivity index (χ0) is 18.8. The minimum absolute atomic E-state index is 0.305. The van der Waals surface area contributed by atoms with Gasteiger partial charge in [-0.25, -0.2) is 9.59 Å². The van der Waals surface area contributed by atoms with Crippen LogP contribution in [0, 0.1) is 0 Å². The summed E-state index contributed by atoms with van der Waals surface area (Å²) in [6.07, 6.45) is 0. The summed E-state index contributed by atoms with van der Waals surface area (Å²) in [5.41, 5.74) is 1.19. The molecule has 0 saturated heterocycles. The quantitative estimate of drug-likeness (QED) is 0.742. The van der Waals surface area contributed by atoms with Crippen LogP contribution in [-0.4, -0.2) is 31.1 Å². The molecule has 0 bridgehead atoms. The molecule has 2 rings (SSSR count). The number of nitrogens with one attached hydrogen (secondary N) is 2. The van der Waals surface area contributed by atoms with E-state index in [1.54, 1.807) is 31.2 Å². The normalized spacial score (nSPS) is 9.88. The first-order valence-electron chi connectivity index (χ1n) is 8.10. The van der Waals surface area contributed by atoms with E-state index in [2.05, 4.69) is 5.32 Å². The fraction of sp³-hybridized carbons (Fsp3) is 0.211. The van der Waals surface area contributed by atoms with Crippen LogP contribution in [0.1, 0.15) is 22.8 Å². The molecule has 0 aliphatic rings. The van der Waals surface area contributed by atoms with Crippen molar-refractivity contribution in [2.45, 2.75) is 13.5 Å². The van der Waals surface area contributed by atoms with Gasteiger partial charge < -0.3 is 14.8 Å². The SMILES string of the molecule is CCNC(=O)NC(=O)COC(=O)c1ccc(COc2ccccc2)cc1. The molecule has 0 spiro atoms. The number of imide groups is 1. The van der Waals surface area contributed by atoms with E-state index in [0.717, 1.165) is 11.3 Å². The maximum atomic E-state index is 11.9. The number of hydrogen-bond donors (Lipinski definition) is 2. The number of benzene rings is 2. The smallest absolute Gasteiger partial charge is 0.338 e. The molecule has 7 heteroatoms. The molecular formula is C19H20N2O5. The first kappa shape index (κ1) is 19.0. The van der Waals surface area contributed by atoms with Crippen molar-refractivity contribution in [3.05, 3.63) is 65.7 Å². The van der Waals surface area contributed by atoms with E-state index in [1.165, 1.54) is 0 Å². The molecule has 2 aromatic carbocycles. The second-order valence-electron chi connectivity index (χ2n) is 5.28. The Labute approximate surface area is 151 Å². The summed E-state index contributed by atoms with van der Waals surface area (Å²) in [5.74, 6) is -0.585. The van der Waals surface area contributed by atoms with E-state index in [-0.39, 0.29) is 0 Å². The molecule has 3 amide bonds. The first-order chi connectivity index (χ1) is 12.6. The minimum Gasteiger partial charge on any atom is -0.489 e. The van der Waals surface area contributed by atoms with Gasteiger partial charge in [0, 0.05) is 6.54 Å². The zero-order valence-corrected chi connectivity index (χ0v) is 14.4. The van der Waals surface area contributed by atoms with E-state index < -0.39 is 24.5 Å². The van der Waals surface area contributed by atoms with Gasteiger partial charge in [0.1, 0.15) is 12.4 Å². The Bertz CT molecular complexity index is 744. The largest absolute Gasteiger partial charge is 0.489 e. The number of rotatable bonds is 7. The first-order valence-corrected chi connectivity index (χ1v) is 8.10. The Kier molecular flexibility index (Phi) is 7.17. The summed E-state index contributed by atoms with van der Waals surface area (Å²) < 4.78 is 10.5. The van der Waals surface area contributed by atoms with Crippen molar-refractivity contribution in [3.8, 4) is 5.75 Å². The van der Waals surface area contributed by atoms with Gasteiger partial charge in [-0.1, -0.05) is 30.3 Å². The molecule has 0 heterocycles. The lowest BCUT2D eigenvalue weighted by Gasteiger charge is -2.08. The average Bonchev–Trinajstić information content (AvgIpc) is 2.66. The lowest BCUT2D eigenvalue weighted by atomic mass is 10.1. The van der Waals surface area contributed by atoms with Crippen LogP contribution in [0.15, 0.2) is 54.6 Å². The molecule has 0 fully saturated rings. The number of amides is 3. The van der Waals surface area contributed by atoms with Crippen LogP contribution in [0.2, 0.25) is 0 Å². The lowest BCUT2D eigenvalue weighted by Crippen LogP contribution is -2.41. The van der Waals surface area contributed by atoms with Crippen LogP contribution in [0.25, 0.3) is 0 Å². The number of ether oxygens (including phenoxy) is 2. The maximum absolute atomic E-state index is 11.9. The third-order valence-corrected chi connectivity index (χ3v) is 3.26. The number of carbonyl (C=O) groups is 3. The van der Waals surface area contributed by atoms with Crippen LogP contribution >= 0.6 is 0 Å². The Balaban J connectivity index is 1.79. The molecule has 2 aromatic rings. The van der Waals surface area contributed by atoms with Gasteiger partial charge in [-0.2, -0.15) is 0 Å². The monoisotopic (exact) mass is 356 g/mol. The third-order valence-electron chi connectivity index (χ3n) is 3.26. The highest BCUT2D eigenvalue weighted by Gasteiger charge is 2.12. The Morgan fingerprint density at radius 3 is 2.31 bits per heavy atom. The third kappa shape index (κ3) is 6.27. The predicted molar refractivity (Wildman–Crippen MR) is 94.7 cm³/mol. The summed E-state index contributed by atoms with van der Waals surface area (Å²) in [6, 6.07) is 15.4. The highest BCUT2D eigenvalue weighted by molar-refractivity contribution is 5.96. The molecule has 0 radical (unpaired) electrons. The van der Waals surface area contributed by atoms with Crippen molar-refractivity contribution in [1.82, 2.24) is 10.6 Å². The number of urea groups is 1. The molecular weight excluding hydrogens is 336 g/mol. The van der Waals surface area contributed by atoms with E-state index in [9.17, 15) is 14.4 Å². The molecule has 7 nitrogen and oxygen atoms in total. The Hall–Kier alpha value is -3.35. The predicted octanol–water partition coefficient (Wildman–Crippen LogP) is 2.27. The molecule has 0 unspecified atom stereocenters. The number of carbonyl (C=O) groups excluding carboxylic acids is 3. The molecule has 2 N–H and O–H groups in total. The Morgan fingerprint density at radius 2 is 1.65 bits per heavy atom. The standard InChI is InChI=1S/C19H20N2O5/c1-2-20-19(24)21-17(22)13-26-18(23)15-10-8-14(9-11-15)12-25-16-6-4-3-5-7-16/h3-11H,2,12-13H2,1H3,(H2,20,21,22,24). The summed E-state index contributed by atoms with van der Waals surface area (Å²) >= 11 is 0. The van der Waals surface area contributed by atoms with Crippen molar-refractivity contribution in [2.75, 3.05) is 13.2 Å². The molecule has 0 aliphatic heterocycles. The van der Waals surface area contributed by atoms with Gasteiger partial charge in [-0.05, 0) is 36.8 Å². The molecule has 0 saturated carbocycles. The van der Waals surface area contributed by atoms with Gasteiger partial charge in [0.2, 0.25) is 0 Å². The second kappa shape index (κ2) is 9.83. The number of esters is 1. The number of para-hydroxylation sites is 1. The van der Waals surface area contributed by atoms with Gasteiger partial charge >= 0.3 is 12.0 Å². The average molecular weight is 356 g/mol. The topological polar surface area (TPSA) is 93.7 Å². The molecule has 0 atom stereocenters. The molecule has 0 aliphatic carbocycles. The van der Waals surface area contributed by atoms with Gasteiger partial charge in [-0.3, -0.25) is 10.1 Å². The highest BCUT2D eigenvalue weighted by atomic mass is 16.5. The van der Waals surface area contributed by atoms with Crippen molar-refractivity contribution < 1.29 is 23.9 Å². The summed E-state index contributed by atoms with van der Waals surface area (Å²) in [6.45, 7) is 1.95. The van der Waals surface area contributed by atoms with E-state index in [1.807, 2.05) is 35.6 Å². The fourth-order valence-corrected chi connectivity index (χ4v) is 2.00. The maximum Gasteiger partial charge on any atom is 0.338 e. The minimum atomic E-state index is -0.697. The second-order valence-corrected chi connectivity index (χ2v) is 5.28. The van der Waals surface area contributed by atoms with Gasteiger partial charge in [0.25, 0.3) is 5.91 Å².